The van der Waals surface area contributed by atoms with Gasteiger partial charge in [-0.2, -0.15) is 0 Å². The second-order valence-corrected chi connectivity index (χ2v) is 2.62. The number of thiol groups is 1. The van der Waals surface area contributed by atoms with Crippen LogP contribution in [0.15, 0.2) is 11.0 Å². The van der Waals surface area contributed by atoms with E-state index in [0.717, 1.165) is 11.4 Å². The van der Waals surface area contributed by atoms with Crippen LogP contribution >= 0.6 is 12.6 Å². The summed E-state index contributed by atoms with van der Waals surface area (Å²) in [5.74, 6) is 0. The molecule has 2 nitrogen and oxygen atoms in total. The summed E-state index contributed by atoms with van der Waals surface area (Å²) >= 11 is 4.07. The number of likely N-dealkylation sites (N-methyl/N-ethyl adjacent to an activating group) is 1. The molecule has 0 aromatic rings. The normalized spacial score (nSPS) is 11.2. The average Bonchev–Trinajstić information content (AvgIpc) is 1.83. The minimum atomic E-state index is 0.763. The van der Waals surface area contributed by atoms with Crippen LogP contribution in [0.3, 0.4) is 0 Å². The fraction of sp³-hybridized carbons (Fsp3) is 0.500. The molecule has 0 spiro atoms. The lowest BCUT2D eigenvalue weighted by Crippen LogP contribution is -2.14. The van der Waals surface area contributed by atoms with E-state index in [1.54, 1.807) is 4.90 Å². The molecule has 0 aliphatic heterocycles. The van der Waals surface area contributed by atoms with Gasteiger partial charge in [0.25, 0.3) is 0 Å². The van der Waals surface area contributed by atoms with Crippen LogP contribution in [-0.2, 0) is 0 Å². The summed E-state index contributed by atoms with van der Waals surface area (Å²) in [5, 5.41) is 6.80. The maximum absolute atomic E-state index is 6.80. The van der Waals surface area contributed by atoms with Gasteiger partial charge in [0.05, 0.1) is 6.34 Å². The van der Waals surface area contributed by atoms with Crippen LogP contribution in [0.1, 0.15) is 6.92 Å². The van der Waals surface area contributed by atoms with E-state index in [1.165, 1.54) is 6.34 Å². The first-order chi connectivity index (χ1) is 4.16. The van der Waals surface area contributed by atoms with Gasteiger partial charge in [0.2, 0.25) is 0 Å². The summed E-state index contributed by atoms with van der Waals surface area (Å²) in [6.45, 7) is 2.68. The van der Waals surface area contributed by atoms with E-state index in [0.29, 0.717) is 0 Å². The van der Waals surface area contributed by atoms with Crippen molar-refractivity contribution >= 4 is 19.0 Å². The molecule has 3 heteroatoms. The van der Waals surface area contributed by atoms with E-state index in [9.17, 15) is 0 Å². The lowest BCUT2D eigenvalue weighted by molar-refractivity contribution is 0.578. The molecule has 0 bridgehead atoms. The van der Waals surface area contributed by atoms with Gasteiger partial charge < -0.3 is 4.90 Å². The first-order valence-electron chi connectivity index (χ1n) is 2.73. The van der Waals surface area contributed by atoms with Crippen molar-refractivity contribution in [1.29, 1.82) is 5.41 Å². The third kappa shape index (κ3) is 5.43. The molecule has 0 aliphatic carbocycles. The number of hydrogen-bond acceptors (Lipinski definition) is 2. The van der Waals surface area contributed by atoms with Crippen molar-refractivity contribution in [1.82, 2.24) is 4.90 Å². The third-order valence-corrected chi connectivity index (χ3v) is 1.08. The van der Waals surface area contributed by atoms with Gasteiger partial charge in [-0.1, -0.05) is 6.08 Å². The number of rotatable bonds is 3. The highest BCUT2D eigenvalue weighted by atomic mass is 32.1. The zero-order valence-corrected chi connectivity index (χ0v) is 6.65. The minimum absolute atomic E-state index is 0.763. The standard InChI is InChI=1S/C6H12N2S/c1-6(9)3-4-8(2)5-7/h3,5,7,9H,4H2,1-2H3/b6-3+,7-5?. The molecule has 0 unspecified atom stereocenters. The van der Waals surface area contributed by atoms with Crippen molar-refractivity contribution in [3.05, 3.63) is 11.0 Å². The quantitative estimate of drug-likeness (QED) is 0.349. The van der Waals surface area contributed by atoms with Crippen molar-refractivity contribution in [2.75, 3.05) is 13.6 Å². The highest BCUT2D eigenvalue weighted by Gasteiger charge is 1.84. The van der Waals surface area contributed by atoms with E-state index < -0.39 is 0 Å². The molecule has 0 radical (unpaired) electrons. The highest BCUT2D eigenvalue weighted by Crippen LogP contribution is 1.95. The predicted octanol–water partition coefficient (Wildman–Crippen LogP) is 1.36. The maximum atomic E-state index is 6.80. The topological polar surface area (TPSA) is 27.1 Å². The maximum Gasteiger partial charge on any atom is 0.0817 e. The molecule has 0 aliphatic rings. The van der Waals surface area contributed by atoms with E-state index >= 15 is 0 Å². The molecule has 0 amide bonds. The Labute approximate surface area is 61.5 Å². The van der Waals surface area contributed by atoms with Crippen LogP contribution in [-0.4, -0.2) is 24.8 Å². The summed E-state index contributed by atoms with van der Waals surface area (Å²) in [7, 11) is 1.85. The Morgan fingerprint density at radius 3 is 2.67 bits per heavy atom. The molecule has 1 N–H and O–H groups in total. The van der Waals surface area contributed by atoms with Crippen molar-refractivity contribution in [2.24, 2.45) is 0 Å². The molecule has 9 heavy (non-hydrogen) atoms. The zero-order valence-electron chi connectivity index (χ0n) is 5.76. The third-order valence-electron chi connectivity index (χ3n) is 0.895. The van der Waals surface area contributed by atoms with Gasteiger partial charge >= 0.3 is 0 Å². The predicted molar refractivity (Wildman–Crippen MR) is 44.2 cm³/mol. The van der Waals surface area contributed by atoms with Gasteiger partial charge in [0.15, 0.2) is 0 Å². The molecule has 0 rings (SSSR count). The lowest BCUT2D eigenvalue weighted by atomic mass is 10.5. The number of allylic oxidation sites excluding steroid dienone is 1. The molecular weight excluding hydrogens is 132 g/mol. The lowest BCUT2D eigenvalue weighted by Gasteiger charge is -2.07. The van der Waals surface area contributed by atoms with Crippen LogP contribution in [0.25, 0.3) is 0 Å². The Morgan fingerprint density at radius 1 is 1.78 bits per heavy atom. The van der Waals surface area contributed by atoms with Gasteiger partial charge in [-0.05, 0) is 11.8 Å². The molecule has 0 saturated heterocycles. The summed E-state index contributed by atoms with van der Waals surface area (Å²) < 4.78 is 0. The second kappa shape index (κ2) is 4.44. The number of hydrogen-bond donors (Lipinski definition) is 2. The van der Waals surface area contributed by atoms with E-state index in [4.69, 9.17) is 5.41 Å². The largest absolute Gasteiger partial charge is 0.362 e. The molecule has 0 atom stereocenters. The van der Waals surface area contributed by atoms with Crippen molar-refractivity contribution in [2.45, 2.75) is 6.92 Å². The summed E-state index contributed by atoms with van der Waals surface area (Å²) in [5.41, 5.74) is 0. The molecule has 52 valence electrons. The van der Waals surface area contributed by atoms with Gasteiger partial charge in [-0.15, -0.1) is 12.6 Å². The van der Waals surface area contributed by atoms with Crippen LogP contribution in [0, 0.1) is 5.41 Å². The van der Waals surface area contributed by atoms with Crippen LogP contribution in [0.4, 0.5) is 0 Å². The first-order valence-corrected chi connectivity index (χ1v) is 3.18. The van der Waals surface area contributed by atoms with Crippen LogP contribution in [0.5, 0.6) is 0 Å². The first kappa shape index (κ1) is 8.56. The number of nitrogens with one attached hydrogen (secondary N) is 1. The molecule has 0 aromatic heterocycles. The number of nitrogens with zero attached hydrogens (tertiary/aromatic N) is 1. The molecule has 0 heterocycles. The smallest absolute Gasteiger partial charge is 0.0817 e. The van der Waals surface area contributed by atoms with E-state index in [1.807, 2.05) is 20.0 Å². The molecule has 0 fully saturated rings. The van der Waals surface area contributed by atoms with Gasteiger partial charge in [-0.25, -0.2) is 0 Å². The van der Waals surface area contributed by atoms with Gasteiger partial charge in [0, 0.05) is 13.6 Å². The average molecular weight is 144 g/mol. The minimum Gasteiger partial charge on any atom is -0.362 e. The second-order valence-electron chi connectivity index (χ2n) is 1.91. The SMILES string of the molecule is C/C(S)=C\CN(C)C=N. The van der Waals surface area contributed by atoms with Crippen molar-refractivity contribution in [3.8, 4) is 0 Å². The van der Waals surface area contributed by atoms with Crippen molar-refractivity contribution < 1.29 is 0 Å². The Bertz CT molecular complexity index is 116. The van der Waals surface area contributed by atoms with Crippen molar-refractivity contribution in [3.63, 3.8) is 0 Å². The monoisotopic (exact) mass is 144 g/mol. The Balaban J connectivity index is 3.49. The summed E-state index contributed by atoms with van der Waals surface area (Å²) in [6, 6.07) is 0. The van der Waals surface area contributed by atoms with Crippen LogP contribution in [0.2, 0.25) is 0 Å². The van der Waals surface area contributed by atoms with E-state index in [2.05, 4.69) is 12.6 Å². The van der Waals surface area contributed by atoms with E-state index in [-0.39, 0.29) is 0 Å². The van der Waals surface area contributed by atoms with Gasteiger partial charge in [0.1, 0.15) is 0 Å². The highest BCUT2D eigenvalue weighted by molar-refractivity contribution is 7.84. The Morgan fingerprint density at radius 2 is 2.33 bits per heavy atom. The molecule has 0 saturated carbocycles. The fourth-order valence-electron chi connectivity index (χ4n) is 0.329. The zero-order chi connectivity index (χ0) is 7.28. The van der Waals surface area contributed by atoms with Crippen LogP contribution < -0.4 is 0 Å². The Hall–Kier alpha value is -0.440. The molecular formula is C6H12N2S. The van der Waals surface area contributed by atoms with Gasteiger partial charge in [-0.3, -0.25) is 5.41 Å². The molecule has 0 aromatic carbocycles. The summed E-state index contributed by atoms with van der Waals surface area (Å²) in [6.07, 6.45) is 3.24. The Kier molecular flexibility index (Phi) is 4.22. The summed E-state index contributed by atoms with van der Waals surface area (Å²) in [4.78, 5) is 2.75. The fourth-order valence-corrected chi connectivity index (χ4v) is 0.410.